The number of hydrogen-bond acceptors (Lipinski definition) is 7. The van der Waals surface area contributed by atoms with Gasteiger partial charge in [0.2, 0.25) is 0 Å². The first-order valence-electron chi connectivity index (χ1n) is 10.5. The van der Waals surface area contributed by atoms with Gasteiger partial charge in [0.05, 0.1) is 25.9 Å². The van der Waals surface area contributed by atoms with Crippen molar-refractivity contribution in [3.63, 3.8) is 0 Å². The first kappa shape index (κ1) is 22.4. The molecule has 9 heteroatoms. The molecule has 7 nitrogen and oxygen atoms in total. The van der Waals surface area contributed by atoms with Crippen LogP contribution in [0.25, 0.3) is 0 Å². The topological polar surface area (TPSA) is 76.2 Å². The smallest absolute Gasteiger partial charge is 0.340 e. The maximum Gasteiger partial charge on any atom is 0.340 e. The Morgan fingerprint density at radius 3 is 2.45 bits per heavy atom. The van der Waals surface area contributed by atoms with Crippen LogP contribution in [-0.4, -0.2) is 63.6 Å². The lowest BCUT2D eigenvalue weighted by molar-refractivity contribution is 0.0594. The molecule has 0 spiro atoms. The standard InChI is InChI=1S/C22H28N2O5S2/c1-3-16-4-6-17(7-5-16)14-23-9-8-18-19(15-23)30-22(20(18)21(25)28-2)31(26,27)24-10-12-29-13-11-24/h4-7H,3,8-15H2,1-2H3. The number of ether oxygens (including phenoxy) is 2. The van der Waals surface area contributed by atoms with Gasteiger partial charge < -0.3 is 9.47 Å². The summed E-state index contributed by atoms with van der Waals surface area (Å²) in [7, 11) is -2.48. The van der Waals surface area contributed by atoms with Gasteiger partial charge in [0, 0.05) is 37.6 Å². The van der Waals surface area contributed by atoms with Gasteiger partial charge in [-0.25, -0.2) is 13.2 Å². The van der Waals surface area contributed by atoms with E-state index in [0.29, 0.717) is 39.3 Å². The SMILES string of the molecule is CCc1ccc(CN2CCc3c(sc(S(=O)(=O)N4CCOCC4)c3C(=O)OC)C2)cc1. The number of morpholine rings is 1. The Kier molecular flexibility index (Phi) is 6.78. The average Bonchev–Trinajstić information content (AvgIpc) is 3.19. The van der Waals surface area contributed by atoms with Crippen molar-refractivity contribution in [2.45, 2.75) is 37.1 Å². The first-order chi connectivity index (χ1) is 14.9. The minimum atomic E-state index is -3.77. The number of carbonyl (C=O) groups excluding carboxylic acids is 1. The Bertz CT molecular complexity index is 1040. The summed E-state index contributed by atoms with van der Waals surface area (Å²) >= 11 is 1.21. The lowest BCUT2D eigenvalue weighted by Gasteiger charge is -2.27. The van der Waals surface area contributed by atoms with E-state index in [-0.39, 0.29) is 9.77 Å². The van der Waals surface area contributed by atoms with Crippen LogP contribution in [-0.2, 0) is 45.4 Å². The molecule has 0 aliphatic carbocycles. The highest BCUT2D eigenvalue weighted by Crippen LogP contribution is 2.38. The normalized spacial score (nSPS) is 18.0. The molecule has 2 aliphatic heterocycles. The van der Waals surface area contributed by atoms with Crippen LogP contribution in [0.5, 0.6) is 0 Å². The van der Waals surface area contributed by atoms with Gasteiger partial charge in [-0.1, -0.05) is 31.2 Å². The van der Waals surface area contributed by atoms with E-state index in [2.05, 4.69) is 36.1 Å². The Morgan fingerprint density at radius 1 is 1.13 bits per heavy atom. The molecule has 0 atom stereocenters. The maximum absolute atomic E-state index is 13.3. The number of carbonyl (C=O) groups is 1. The summed E-state index contributed by atoms with van der Waals surface area (Å²) in [5.74, 6) is -0.576. The van der Waals surface area contributed by atoms with Crippen molar-refractivity contribution in [3.05, 3.63) is 51.4 Å². The molecule has 0 saturated carbocycles. The minimum Gasteiger partial charge on any atom is -0.465 e. The highest BCUT2D eigenvalue weighted by molar-refractivity contribution is 7.91. The predicted octanol–water partition coefficient (Wildman–Crippen LogP) is 2.68. The highest BCUT2D eigenvalue weighted by Gasteiger charge is 2.37. The fourth-order valence-corrected chi connectivity index (χ4v) is 7.57. The van der Waals surface area contributed by atoms with Crippen LogP contribution >= 0.6 is 11.3 Å². The molecule has 2 aliphatic rings. The Balaban J connectivity index is 1.62. The zero-order valence-electron chi connectivity index (χ0n) is 17.9. The molecule has 31 heavy (non-hydrogen) atoms. The van der Waals surface area contributed by atoms with Crippen LogP contribution in [0.1, 0.15) is 38.8 Å². The summed E-state index contributed by atoms with van der Waals surface area (Å²) in [6, 6.07) is 8.60. The molecular weight excluding hydrogens is 436 g/mol. The number of aryl methyl sites for hydroxylation is 1. The monoisotopic (exact) mass is 464 g/mol. The predicted molar refractivity (Wildman–Crippen MR) is 119 cm³/mol. The van der Waals surface area contributed by atoms with E-state index in [1.807, 2.05) is 0 Å². The van der Waals surface area contributed by atoms with Gasteiger partial charge in [-0.05, 0) is 29.5 Å². The molecule has 2 aromatic rings. The first-order valence-corrected chi connectivity index (χ1v) is 12.8. The third-order valence-corrected chi connectivity index (χ3v) is 9.49. The van der Waals surface area contributed by atoms with E-state index in [4.69, 9.17) is 9.47 Å². The summed E-state index contributed by atoms with van der Waals surface area (Å²) in [5, 5.41) is 0. The number of nitrogens with zero attached hydrogens (tertiary/aromatic N) is 2. The van der Waals surface area contributed by atoms with Gasteiger partial charge in [0.1, 0.15) is 4.21 Å². The zero-order valence-corrected chi connectivity index (χ0v) is 19.6. The van der Waals surface area contributed by atoms with Crippen LogP contribution in [0, 0.1) is 0 Å². The summed E-state index contributed by atoms with van der Waals surface area (Å²) in [4.78, 5) is 15.8. The minimum absolute atomic E-state index is 0.111. The van der Waals surface area contributed by atoms with Crippen molar-refractivity contribution in [1.82, 2.24) is 9.21 Å². The number of sulfonamides is 1. The summed E-state index contributed by atoms with van der Waals surface area (Å²) < 4.78 is 38.5. The number of thiophene rings is 1. The van der Waals surface area contributed by atoms with E-state index >= 15 is 0 Å². The molecule has 0 amide bonds. The second-order valence-corrected chi connectivity index (χ2v) is 11.0. The number of benzene rings is 1. The fourth-order valence-electron chi connectivity index (χ4n) is 4.10. The lowest BCUT2D eigenvalue weighted by atomic mass is 10.0. The van der Waals surface area contributed by atoms with Crippen molar-refractivity contribution in [2.24, 2.45) is 0 Å². The Hall–Kier alpha value is -1.78. The van der Waals surface area contributed by atoms with Gasteiger partial charge >= 0.3 is 5.97 Å². The van der Waals surface area contributed by atoms with Crippen LogP contribution in [0.4, 0.5) is 0 Å². The average molecular weight is 465 g/mol. The number of methoxy groups -OCH3 is 1. The molecule has 1 fully saturated rings. The van der Waals surface area contributed by atoms with Gasteiger partial charge in [-0.3, -0.25) is 4.90 Å². The largest absolute Gasteiger partial charge is 0.465 e. The molecule has 3 heterocycles. The number of rotatable bonds is 6. The van der Waals surface area contributed by atoms with Crippen molar-refractivity contribution in [2.75, 3.05) is 40.0 Å². The number of fused-ring (bicyclic) bond motifs is 1. The van der Waals surface area contributed by atoms with Crippen molar-refractivity contribution in [3.8, 4) is 0 Å². The molecule has 0 unspecified atom stereocenters. The fraction of sp³-hybridized carbons (Fsp3) is 0.500. The van der Waals surface area contributed by atoms with Crippen LogP contribution in [0.15, 0.2) is 28.5 Å². The molecular formula is C22H28N2O5S2. The van der Waals surface area contributed by atoms with E-state index in [1.165, 1.54) is 33.9 Å². The van der Waals surface area contributed by atoms with Gasteiger partial charge in [0.15, 0.2) is 0 Å². The third-order valence-electron chi connectivity index (χ3n) is 5.87. The third kappa shape index (κ3) is 4.56. The van der Waals surface area contributed by atoms with Crippen LogP contribution < -0.4 is 0 Å². The Morgan fingerprint density at radius 2 is 1.81 bits per heavy atom. The van der Waals surface area contributed by atoms with Crippen molar-refractivity contribution >= 4 is 27.3 Å². The van der Waals surface area contributed by atoms with Crippen molar-refractivity contribution in [1.29, 1.82) is 0 Å². The van der Waals surface area contributed by atoms with Gasteiger partial charge in [-0.15, -0.1) is 11.3 Å². The molecule has 0 N–H and O–H groups in total. The molecule has 1 saturated heterocycles. The summed E-state index contributed by atoms with van der Waals surface area (Å²) in [5.41, 5.74) is 3.58. The molecule has 4 rings (SSSR count). The number of hydrogen-bond donors (Lipinski definition) is 0. The molecule has 0 bridgehead atoms. The summed E-state index contributed by atoms with van der Waals surface area (Å²) in [6.07, 6.45) is 1.64. The van der Waals surface area contributed by atoms with E-state index in [9.17, 15) is 13.2 Å². The van der Waals surface area contributed by atoms with Crippen LogP contribution in [0.2, 0.25) is 0 Å². The Labute approximate surface area is 187 Å². The summed E-state index contributed by atoms with van der Waals surface area (Å²) in [6.45, 7) is 5.64. The lowest BCUT2D eigenvalue weighted by Crippen LogP contribution is -2.40. The quantitative estimate of drug-likeness (QED) is 0.612. The molecule has 1 aromatic carbocycles. The van der Waals surface area contributed by atoms with E-state index in [0.717, 1.165) is 30.0 Å². The zero-order chi connectivity index (χ0) is 22.0. The molecule has 0 radical (unpaired) electrons. The second-order valence-electron chi connectivity index (χ2n) is 7.80. The van der Waals surface area contributed by atoms with Crippen LogP contribution in [0.3, 0.4) is 0 Å². The second kappa shape index (κ2) is 9.38. The molecule has 168 valence electrons. The maximum atomic E-state index is 13.3. The van der Waals surface area contributed by atoms with Gasteiger partial charge in [0.25, 0.3) is 10.0 Å². The van der Waals surface area contributed by atoms with Gasteiger partial charge in [-0.2, -0.15) is 4.31 Å². The molecule has 1 aromatic heterocycles. The highest BCUT2D eigenvalue weighted by atomic mass is 32.2. The van der Waals surface area contributed by atoms with E-state index in [1.54, 1.807) is 0 Å². The van der Waals surface area contributed by atoms with Crippen molar-refractivity contribution < 1.29 is 22.7 Å². The van der Waals surface area contributed by atoms with E-state index < -0.39 is 16.0 Å². The number of esters is 1.